The molecule has 1 aromatic carbocycles. The predicted molar refractivity (Wildman–Crippen MR) is 81.0 cm³/mol. The molecule has 2 heterocycles. The summed E-state index contributed by atoms with van der Waals surface area (Å²) in [7, 11) is 1.76. The molecule has 0 aliphatic carbocycles. The average molecular weight is 282 g/mol. The van der Waals surface area contributed by atoms with Gasteiger partial charge in [0.15, 0.2) is 0 Å². The Morgan fingerprint density at radius 1 is 1.19 bits per heavy atom. The van der Waals surface area contributed by atoms with Gasteiger partial charge in [-0.05, 0) is 36.8 Å². The first-order valence-electron chi connectivity index (χ1n) is 6.58. The molecule has 0 aliphatic rings. The van der Waals surface area contributed by atoms with E-state index in [9.17, 15) is 4.39 Å². The van der Waals surface area contributed by atoms with Crippen molar-refractivity contribution in [3.05, 3.63) is 54.0 Å². The summed E-state index contributed by atoms with van der Waals surface area (Å²) in [5.41, 5.74) is 9.89. The zero-order valence-electron chi connectivity index (χ0n) is 11.8. The second kappa shape index (κ2) is 5.01. The number of hydrogen-bond donors (Lipinski definition) is 1. The number of hydrogen-bond acceptors (Lipinski definition) is 3. The Morgan fingerprint density at radius 2 is 2.00 bits per heavy atom. The van der Waals surface area contributed by atoms with Gasteiger partial charge in [0.1, 0.15) is 17.3 Å². The highest BCUT2D eigenvalue weighted by Crippen LogP contribution is 2.36. The number of nitrogens with two attached hydrogens (primary N) is 1. The van der Waals surface area contributed by atoms with Crippen LogP contribution in [0, 0.1) is 12.7 Å². The first kappa shape index (κ1) is 13.3. The molecule has 0 aliphatic heterocycles. The molecule has 5 heteroatoms. The summed E-state index contributed by atoms with van der Waals surface area (Å²) in [6.07, 6.45) is 1.70. The Kier molecular flexibility index (Phi) is 3.17. The number of nitrogens with zero attached hydrogens (tertiary/aromatic N) is 3. The van der Waals surface area contributed by atoms with E-state index in [-0.39, 0.29) is 5.82 Å². The van der Waals surface area contributed by atoms with Crippen LogP contribution < -0.4 is 5.73 Å². The van der Waals surface area contributed by atoms with E-state index in [0.29, 0.717) is 11.5 Å². The molecule has 0 unspecified atom stereocenters. The quantitative estimate of drug-likeness (QED) is 0.785. The lowest BCUT2D eigenvalue weighted by Gasteiger charge is -2.06. The molecule has 0 atom stereocenters. The highest BCUT2D eigenvalue weighted by Gasteiger charge is 2.19. The van der Waals surface area contributed by atoms with E-state index in [4.69, 9.17) is 5.73 Å². The Hall–Kier alpha value is -2.69. The van der Waals surface area contributed by atoms with E-state index in [0.717, 1.165) is 22.4 Å². The number of aromatic nitrogens is 3. The van der Waals surface area contributed by atoms with Gasteiger partial charge in [0.2, 0.25) is 0 Å². The first-order valence-corrected chi connectivity index (χ1v) is 6.58. The van der Waals surface area contributed by atoms with Crippen molar-refractivity contribution in [2.24, 2.45) is 7.05 Å². The summed E-state index contributed by atoms with van der Waals surface area (Å²) in [4.78, 5) is 4.33. The van der Waals surface area contributed by atoms with E-state index < -0.39 is 0 Å². The van der Waals surface area contributed by atoms with Gasteiger partial charge in [-0.3, -0.25) is 9.67 Å². The Bertz CT molecular complexity index is 794. The minimum atomic E-state index is -0.299. The van der Waals surface area contributed by atoms with Gasteiger partial charge in [-0.2, -0.15) is 5.10 Å². The van der Waals surface area contributed by atoms with Crippen molar-refractivity contribution < 1.29 is 4.39 Å². The molecule has 21 heavy (non-hydrogen) atoms. The van der Waals surface area contributed by atoms with Crippen molar-refractivity contribution in [3.8, 4) is 22.5 Å². The van der Waals surface area contributed by atoms with Crippen LogP contribution in [0.5, 0.6) is 0 Å². The van der Waals surface area contributed by atoms with Crippen LogP contribution in [0.25, 0.3) is 22.5 Å². The largest absolute Gasteiger partial charge is 0.383 e. The maximum atomic E-state index is 13.6. The molecule has 3 rings (SSSR count). The lowest BCUT2D eigenvalue weighted by Crippen LogP contribution is -1.98. The summed E-state index contributed by atoms with van der Waals surface area (Å²) in [5.74, 6) is 0.208. The minimum Gasteiger partial charge on any atom is -0.383 e. The highest BCUT2D eigenvalue weighted by atomic mass is 19.1. The summed E-state index contributed by atoms with van der Waals surface area (Å²) >= 11 is 0. The van der Waals surface area contributed by atoms with E-state index >= 15 is 0 Å². The number of benzene rings is 1. The van der Waals surface area contributed by atoms with Gasteiger partial charge in [0, 0.05) is 18.8 Å². The molecule has 106 valence electrons. The van der Waals surface area contributed by atoms with Crippen molar-refractivity contribution in [2.45, 2.75) is 6.92 Å². The van der Waals surface area contributed by atoms with E-state index in [1.807, 2.05) is 25.1 Å². The summed E-state index contributed by atoms with van der Waals surface area (Å²) in [6, 6.07) is 10.2. The zero-order chi connectivity index (χ0) is 15.0. The fourth-order valence-electron chi connectivity index (χ4n) is 2.34. The number of rotatable bonds is 2. The topological polar surface area (TPSA) is 56.7 Å². The van der Waals surface area contributed by atoms with E-state index in [2.05, 4.69) is 10.1 Å². The Morgan fingerprint density at radius 3 is 2.71 bits per heavy atom. The average Bonchev–Trinajstić information content (AvgIpc) is 2.78. The number of anilines is 1. The molecule has 2 aromatic heterocycles. The van der Waals surface area contributed by atoms with Crippen LogP contribution in [0.1, 0.15) is 5.56 Å². The molecular weight excluding hydrogens is 267 g/mol. The smallest absolute Gasteiger partial charge is 0.131 e. The van der Waals surface area contributed by atoms with Crippen molar-refractivity contribution in [3.63, 3.8) is 0 Å². The van der Waals surface area contributed by atoms with Crippen LogP contribution in [-0.2, 0) is 7.05 Å². The van der Waals surface area contributed by atoms with Crippen LogP contribution in [0.3, 0.4) is 0 Å². The maximum absolute atomic E-state index is 13.6. The third kappa shape index (κ3) is 2.27. The predicted octanol–water partition coefficient (Wildman–Crippen LogP) is 3.18. The van der Waals surface area contributed by atoms with Crippen molar-refractivity contribution in [1.29, 1.82) is 0 Å². The minimum absolute atomic E-state index is 0.299. The van der Waals surface area contributed by atoms with Crippen LogP contribution in [0.4, 0.5) is 10.2 Å². The van der Waals surface area contributed by atoms with Gasteiger partial charge < -0.3 is 5.73 Å². The highest BCUT2D eigenvalue weighted by molar-refractivity contribution is 5.87. The van der Waals surface area contributed by atoms with E-state index in [1.165, 1.54) is 12.1 Å². The van der Waals surface area contributed by atoms with Gasteiger partial charge in [0.25, 0.3) is 0 Å². The third-order valence-corrected chi connectivity index (χ3v) is 3.47. The van der Waals surface area contributed by atoms with Crippen LogP contribution >= 0.6 is 0 Å². The second-order valence-electron chi connectivity index (χ2n) is 4.91. The molecule has 0 radical (unpaired) electrons. The van der Waals surface area contributed by atoms with Gasteiger partial charge in [-0.25, -0.2) is 4.39 Å². The lowest BCUT2D eigenvalue weighted by molar-refractivity contribution is 0.627. The Balaban J connectivity index is 2.29. The molecule has 0 saturated heterocycles. The molecule has 2 N–H and O–H groups in total. The third-order valence-electron chi connectivity index (χ3n) is 3.47. The van der Waals surface area contributed by atoms with Crippen LogP contribution in [-0.4, -0.2) is 14.8 Å². The lowest BCUT2D eigenvalue weighted by atomic mass is 10.0. The standard InChI is InChI=1S/C16H15FN4/c1-10-6-7-11(17)9-12(10)15-14(16(18)21(2)20-15)13-5-3-4-8-19-13/h3-9H,18H2,1-2H3. The molecule has 0 amide bonds. The van der Waals surface area contributed by atoms with Crippen molar-refractivity contribution in [1.82, 2.24) is 14.8 Å². The molecular formula is C16H15FN4. The summed E-state index contributed by atoms with van der Waals surface area (Å²) < 4.78 is 15.2. The zero-order valence-corrected chi connectivity index (χ0v) is 11.8. The van der Waals surface area contributed by atoms with Crippen LogP contribution in [0.15, 0.2) is 42.6 Å². The number of halogens is 1. The molecule has 4 nitrogen and oxygen atoms in total. The number of nitrogen functional groups attached to an aromatic ring is 1. The molecule has 0 spiro atoms. The van der Waals surface area contributed by atoms with Gasteiger partial charge in [0.05, 0.1) is 11.3 Å². The fraction of sp³-hybridized carbons (Fsp3) is 0.125. The summed E-state index contributed by atoms with van der Waals surface area (Å²) in [6.45, 7) is 1.92. The number of pyridine rings is 1. The Labute approximate surface area is 122 Å². The van der Waals surface area contributed by atoms with Crippen LogP contribution in [0.2, 0.25) is 0 Å². The molecule has 0 fully saturated rings. The van der Waals surface area contributed by atoms with Gasteiger partial charge in [-0.1, -0.05) is 12.1 Å². The summed E-state index contributed by atoms with van der Waals surface area (Å²) in [5, 5.41) is 4.44. The molecule has 0 bridgehead atoms. The van der Waals surface area contributed by atoms with E-state index in [1.54, 1.807) is 24.0 Å². The fourth-order valence-corrected chi connectivity index (χ4v) is 2.34. The van der Waals surface area contributed by atoms with Gasteiger partial charge >= 0.3 is 0 Å². The molecule has 0 saturated carbocycles. The first-order chi connectivity index (χ1) is 10.1. The SMILES string of the molecule is Cc1ccc(F)cc1-c1nn(C)c(N)c1-c1ccccn1. The second-order valence-corrected chi connectivity index (χ2v) is 4.91. The molecule has 3 aromatic rings. The monoisotopic (exact) mass is 282 g/mol. The number of aryl methyl sites for hydroxylation is 2. The van der Waals surface area contributed by atoms with Gasteiger partial charge in [-0.15, -0.1) is 0 Å². The normalized spacial score (nSPS) is 10.8. The van der Waals surface area contributed by atoms with Crippen molar-refractivity contribution in [2.75, 3.05) is 5.73 Å². The van der Waals surface area contributed by atoms with Crippen molar-refractivity contribution >= 4 is 5.82 Å². The maximum Gasteiger partial charge on any atom is 0.131 e.